The molecule has 0 aromatic heterocycles. The Hall–Kier alpha value is -2.66. The Morgan fingerprint density at radius 1 is 0.955 bits per heavy atom. The molecule has 0 saturated carbocycles. The SMILES string of the molecule is O=C(C=Cc1ccccc1)NNC(=S)NCc1ccccc1. The van der Waals surface area contributed by atoms with Gasteiger partial charge in [-0.3, -0.25) is 15.6 Å². The fraction of sp³-hybridized carbons (Fsp3) is 0.0588. The van der Waals surface area contributed by atoms with E-state index in [4.69, 9.17) is 12.2 Å². The lowest BCUT2D eigenvalue weighted by atomic mass is 10.2. The molecule has 0 radical (unpaired) electrons. The molecule has 0 aliphatic rings. The second kappa shape index (κ2) is 8.59. The van der Waals surface area contributed by atoms with Crippen LogP contribution in [0.15, 0.2) is 66.7 Å². The van der Waals surface area contributed by atoms with Crippen molar-refractivity contribution in [3.63, 3.8) is 0 Å². The molecule has 22 heavy (non-hydrogen) atoms. The summed E-state index contributed by atoms with van der Waals surface area (Å²) in [5.41, 5.74) is 7.24. The van der Waals surface area contributed by atoms with Crippen molar-refractivity contribution in [3.05, 3.63) is 77.9 Å². The van der Waals surface area contributed by atoms with Crippen LogP contribution in [-0.2, 0) is 11.3 Å². The molecule has 0 fully saturated rings. The number of hydrogen-bond acceptors (Lipinski definition) is 2. The molecule has 0 spiro atoms. The highest BCUT2D eigenvalue weighted by molar-refractivity contribution is 7.80. The van der Waals surface area contributed by atoms with Crippen molar-refractivity contribution in [3.8, 4) is 0 Å². The molecule has 112 valence electrons. The molecule has 4 nitrogen and oxygen atoms in total. The summed E-state index contributed by atoms with van der Waals surface area (Å²) in [6.07, 6.45) is 3.18. The van der Waals surface area contributed by atoms with Crippen LogP contribution in [0, 0.1) is 0 Å². The van der Waals surface area contributed by atoms with E-state index in [2.05, 4.69) is 16.2 Å². The largest absolute Gasteiger partial charge is 0.357 e. The van der Waals surface area contributed by atoms with Crippen LogP contribution in [0.4, 0.5) is 0 Å². The first-order valence-corrected chi connectivity index (χ1v) is 7.26. The lowest BCUT2D eigenvalue weighted by molar-refractivity contribution is -0.116. The molecule has 2 aromatic carbocycles. The van der Waals surface area contributed by atoms with E-state index in [9.17, 15) is 4.79 Å². The van der Waals surface area contributed by atoms with Crippen molar-refractivity contribution in [1.82, 2.24) is 16.2 Å². The van der Waals surface area contributed by atoms with Gasteiger partial charge in [0.25, 0.3) is 5.91 Å². The smallest absolute Gasteiger partial charge is 0.262 e. The maximum Gasteiger partial charge on any atom is 0.262 e. The third-order valence-electron chi connectivity index (χ3n) is 2.82. The van der Waals surface area contributed by atoms with Crippen molar-refractivity contribution < 1.29 is 4.79 Å². The summed E-state index contributed by atoms with van der Waals surface area (Å²) in [5, 5.41) is 3.38. The van der Waals surface area contributed by atoms with Gasteiger partial charge in [0.1, 0.15) is 0 Å². The first kappa shape index (κ1) is 15.7. The second-order valence-corrected chi connectivity index (χ2v) is 4.93. The number of hydrogen-bond donors (Lipinski definition) is 3. The molecular formula is C17H17N3OS. The molecule has 0 saturated heterocycles. The van der Waals surface area contributed by atoms with E-state index >= 15 is 0 Å². The number of carbonyl (C=O) groups is 1. The van der Waals surface area contributed by atoms with E-state index in [0.29, 0.717) is 11.7 Å². The fourth-order valence-electron chi connectivity index (χ4n) is 1.72. The third-order valence-corrected chi connectivity index (χ3v) is 3.07. The highest BCUT2D eigenvalue weighted by Crippen LogP contribution is 2.00. The van der Waals surface area contributed by atoms with Gasteiger partial charge in [-0.25, -0.2) is 0 Å². The zero-order valence-electron chi connectivity index (χ0n) is 12.0. The van der Waals surface area contributed by atoms with Gasteiger partial charge in [0.15, 0.2) is 5.11 Å². The Labute approximate surface area is 135 Å². The summed E-state index contributed by atoms with van der Waals surface area (Å²) in [6, 6.07) is 19.5. The summed E-state index contributed by atoms with van der Waals surface area (Å²) in [6.45, 7) is 0.600. The van der Waals surface area contributed by atoms with Crippen LogP contribution in [0.3, 0.4) is 0 Å². The number of carbonyl (C=O) groups excluding carboxylic acids is 1. The van der Waals surface area contributed by atoms with Crippen LogP contribution in [0.2, 0.25) is 0 Å². The average Bonchev–Trinajstić information content (AvgIpc) is 2.58. The molecule has 3 N–H and O–H groups in total. The van der Waals surface area contributed by atoms with Gasteiger partial charge in [0, 0.05) is 12.6 Å². The summed E-state index contributed by atoms with van der Waals surface area (Å²) in [5.74, 6) is -0.271. The lowest BCUT2D eigenvalue weighted by Gasteiger charge is -2.10. The minimum Gasteiger partial charge on any atom is -0.357 e. The van der Waals surface area contributed by atoms with Crippen LogP contribution in [0.5, 0.6) is 0 Å². The van der Waals surface area contributed by atoms with Crippen molar-refractivity contribution in [1.29, 1.82) is 0 Å². The molecule has 0 atom stereocenters. The third kappa shape index (κ3) is 5.76. The number of benzene rings is 2. The molecule has 2 rings (SSSR count). The van der Waals surface area contributed by atoms with E-state index in [1.54, 1.807) is 6.08 Å². The fourth-order valence-corrected chi connectivity index (χ4v) is 1.84. The Morgan fingerprint density at radius 3 is 2.27 bits per heavy atom. The molecule has 0 heterocycles. The Balaban J connectivity index is 1.69. The van der Waals surface area contributed by atoms with Gasteiger partial charge in [-0.1, -0.05) is 60.7 Å². The van der Waals surface area contributed by atoms with Crippen LogP contribution in [0.1, 0.15) is 11.1 Å². The van der Waals surface area contributed by atoms with Gasteiger partial charge < -0.3 is 5.32 Å². The summed E-state index contributed by atoms with van der Waals surface area (Å²) >= 11 is 5.09. The van der Waals surface area contributed by atoms with Gasteiger partial charge in [-0.05, 0) is 29.4 Å². The van der Waals surface area contributed by atoms with Crippen LogP contribution >= 0.6 is 12.2 Å². The minimum atomic E-state index is -0.271. The normalized spacial score (nSPS) is 10.2. The van der Waals surface area contributed by atoms with Gasteiger partial charge in [0.05, 0.1) is 0 Å². The van der Waals surface area contributed by atoms with Gasteiger partial charge in [0.2, 0.25) is 0 Å². The van der Waals surface area contributed by atoms with E-state index in [0.717, 1.165) is 11.1 Å². The maximum absolute atomic E-state index is 11.6. The average molecular weight is 311 g/mol. The van der Waals surface area contributed by atoms with E-state index < -0.39 is 0 Å². The molecule has 0 aliphatic heterocycles. The first-order valence-electron chi connectivity index (χ1n) is 6.85. The maximum atomic E-state index is 11.6. The summed E-state index contributed by atoms with van der Waals surface area (Å²) < 4.78 is 0. The highest BCUT2D eigenvalue weighted by atomic mass is 32.1. The van der Waals surface area contributed by atoms with Gasteiger partial charge >= 0.3 is 0 Å². The van der Waals surface area contributed by atoms with Crippen LogP contribution in [-0.4, -0.2) is 11.0 Å². The first-order chi connectivity index (χ1) is 10.7. The van der Waals surface area contributed by atoms with Crippen LogP contribution < -0.4 is 16.2 Å². The lowest BCUT2D eigenvalue weighted by Crippen LogP contribution is -2.45. The number of thiocarbonyl (C=S) groups is 1. The van der Waals surface area contributed by atoms with E-state index in [1.165, 1.54) is 6.08 Å². The zero-order chi connectivity index (χ0) is 15.6. The Morgan fingerprint density at radius 2 is 1.59 bits per heavy atom. The van der Waals surface area contributed by atoms with Crippen molar-refractivity contribution >= 4 is 29.3 Å². The molecule has 5 heteroatoms. The van der Waals surface area contributed by atoms with Gasteiger partial charge in [-0.15, -0.1) is 0 Å². The standard InChI is InChI=1S/C17H17N3OS/c21-16(12-11-14-7-3-1-4-8-14)19-20-17(22)18-13-15-9-5-2-6-10-15/h1-12H,13H2,(H,19,21)(H2,18,20,22). The molecular weight excluding hydrogens is 294 g/mol. The quantitative estimate of drug-likeness (QED) is 0.461. The van der Waals surface area contributed by atoms with E-state index in [-0.39, 0.29) is 5.91 Å². The van der Waals surface area contributed by atoms with Crippen molar-refractivity contribution in [2.45, 2.75) is 6.54 Å². The highest BCUT2D eigenvalue weighted by Gasteiger charge is 1.98. The molecule has 2 aromatic rings. The Kier molecular flexibility index (Phi) is 6.14. The predicted molar refractivity (Wildman–Crippen MR) is 92.6 cm³/mol. The number of rotatable bonds is 4. The number of nitrogens with one attached hydrogen (secondary N) is 3. The molecule has 0 bridgehead atoms. The molecule has 0 unspecified atom stereocenters. The topological polar surface area (TPSA) is 53.2 Å². The minimum absolute atomic E-state index is 0.271. The van der Waals surface area contributed by atoms with Crippen LogP contribution in [0.25, 0.3) is 6.08 Å². The number of amides is 1. The molecule has 0 aliphatic carbocycles. The second-order valence-electron chi connectivity index (χ2n) is 4.53. The summed E-state index contributed by atoms with van der Waals surface area (Å²) in [7, 11) is 0. The van der Waals surface area contributed by atoms with Crippen molar-refractivity contribution in [2.75, 3.05) is 0 Å². The van der Waals surface area contributed by atoms with Gasteiger partial charge in [-0.2, -0.15) is 0 Å². The molecule has 1 amide bonds. The summed E-state index contributed by atoms with van der Waals surface area (Å²) in [4.78, 5) is 11.6. The zero-order valence-corrected chi connectivity index (χ0v) is 12.8. The van der Waals surface area contributed by atoms with E-state index in [1.807, 2.05) is 60.7 Å². The number of hydrazine groups is 1. The Bertz CT molecular complexity index is 641. The van der Waals surface area contributed by atoms with Crippen molar-refractivity contribution in [2.24, 2.45) is 0 Å². The predicted octanol–water partition coefficient (Wildman–Crippen LogP) is 2.40. The monoisotopic (exact) mass is 311 g/mol.